The Morgan fingerprint density at radius 3 is 2.68 bits per heavy atom. The molecular formula is C18H18N4O2S. The zero-order valence-corrected chi connectivity index (χ0v) is 14.5. The van der Waals surface area contributed by atoms with Crippen LogP contribution in [-0.4, -0.2) is 23.0 Å². The van der Waals surface area contributed by atoms with Crippen LogP contribution in [0.2, 0.25) is 0 Å². The number of thiazole rings is 1. The molecule has 0 unspecified atom stereocenters. The van der Waals surface area contributed by atoms with Crippen LogP contribution in [0.4, 0.5) is 10.5 Å². The van der Waals surface area contributed by atoms with Crippen LogP contribution in [0.3, 0.4) is 0 Å². The summed E-state index contributed by atoms with van der Waals surface area (Å²) in [5, 5.41) is 6.31. The van der Waals surface area contributed by atoms with Gasteiger partial charge in [0.05, 0.1) is 15.2 Å². The van der Waals surface area contributed by atoms with Crippen molar-refractivity contribution in [3.8, 4) is 0 Å². The summed E-state index contributed by atoms with van der Waals surface area (Å²) in [6, 6.07) is 13.5. The summed E-state index contributed by atoms with van der Waals surface area (Å²) in [4.78, 5) is 28.3. The highest BCUT2D eigenvalue weighted by atomic mass is 32.1. The molecule has 3 amide bonds. The SMILES string of the molecule is Cc1nc2ccc(NC(=O)[C@@H](Cc3ccccc3)NC(N)=O)cc2s1. The van der Waals surface area contributed by atoms with Crippen molar-refractivity contribution in [3.05, 3.63) is 59.1 Å². The summed E-state index contributed by atoms with van der Waals surface area (Å²) in [6.45, 7) is 1.94. The Labute approximate surface area is 149 Å². The molecule has 0 radical (unpaired) electrons. The molecule has 2 aromatic carbocycles. The minimum atomic E-state index is -0.751. The highest BCUT2D eigenvalue weighted by Crippen LogP contribution is 2.24. The lowest BCUT2D eigenvalue weighted by Crippen LogP contribution is -2.47. The van der Waals surface area contributed by atoms with Gasteiger partial charge in [-0.3, -0.25) is 4.79 Å². The first kappa shape index (κ1) is 16.9. The molecule has 128 valence electrons. The molecule has 0 aliphatic rings. The van der Waals surface area contributed by atoms with Gasteiger partial charge in [0, 0.05) is 12.1 Å². The molecule has 1 aromatic heterocycles. The average Bonchev–Trinajstić information content (AvgIpc) is 2.94. The fourth-order valence-electron chi connectivity index (χ4n) is 2.58. The number of benzene rings is 2. The van der Waals surface area contributed by atoms with Gasteiger partial charge in [0.15, 0.2) is 0 Å². The van der Waals surface area contributed by atoms with Crippen LogP contribution in [0.5, 0.6) is 0 Å². The second-order valence-electron chi connectivity index (χ2n) is 5.66. The number of aryl methyl sites for hydroxylation is 1. The Kier molecular flexibility index (Phi) is 4.95. The molecule has 1 atom stereocenters. The van der Waals surface area contributed by atoms with Crippen molar-refractivity contribution in [2.24, 2.45) is 5.73 Å². The standard InChI is InChI=1S/C18H18N4O2S/c1-11-20-14-8-7-13(10-16(14)25-11)21-17(23)15(22-18(19)24)9-12-5-3-2-4-6-12/h2-8,10,15H,9H2,1H3,(H,21,23)(H3,19,22,24)/t15-/m1/s1. The Morgan fingerprint density at radius 2 is 1.96 bits per heavy atom. The number of amides is 3. The lowest BCUT2D eigenvalue weighted by atomic mass is 10.1. The highest BCUT2D eigenvalue weighted by Gasteiger charge is 2.20. The van der Waals surface area contributed by atoms with Crippen LogP contribution in [-0.2, 0) is 11.2 Å². The maximum absolute atomic E-state index is 12.6. The number of nitrogens with zero attached hydrogens (tertiary/aromatic N) is 1. The monoisotopic (exact) mass is 354 g/mol. The average molecular weight is 354 g/mol. The minimum Gasteiger partial charge on any atom is -0.352 e. The molecule has 0 fully saturated rings. The summed E-state index contributed by atoms with van der Waals surface area (Å²) in [7, 11) is 0. The van der Waals surface area contributed by atoms with Gasteiger partial charge in [0.25, 0.3) is 0 Å². The van der Waals surface area contributed by atoms with Gasteiger partial charge in [-0.15, -0.1) is 11.3 Å². The number of hydrogen-bond acceptors (Lipinski definition) is 4. The third-order valence-electron chi connectivity index (χ3n) is 3.68. The molecule has 0 spiro atoms. The van der Waals surface area contributed by atoms with Gasteiger partial charge in [-0.2, -0.15) is 0 Å². The molecule has 7 heteroatoms. The molecular weight excluding hydrogens is 336 g/mol. The van der Waals surface area contributed by atoms with E-state index in [0.717, 1.165) is 20.8 Å². The van der Waals surface area contributed by atoms with Gasteiger partial charge in [-0.05, 0) is 30.7 Å². The Bertz CT molecular complexity index is 908. The van der Waals surface area contributed by atoms with Crippen LogP contribution in [0.15, 0.2) is 48.5 Å². The van der Waals surface area contributed by atoms with Crippen LogP contribution in [0.1, 0.15) is 10.6 Å². The molecule has 6 nitrogen and oxygen atoms in total. The van der Waals surface area contributed by atoms with Crippen LogP contribution >= 0.6 is 11.3 Å². The quantitative estimate of drug-likeness (QED) is 0.657. The van der Waals surface area contributed by atoms with Gasteiger partial charge in [-0.1, -0.05) is 30.3 Å². The summed E-state index contributed by atoms with van der Waals surface area (Å²) >= 11 is 1.56. The number of aromatic nitrogens is 1. The minimum absolute atomic E-state index is 0.316. The number of primary amides is 1. The largest absolute Gasteiger partial charge is 0.352 e. The van der Waals surface area contributed by atoms with Crippen LogP contribution < -0.4 is 16.4 Å². The zero-order valence-electron chi connectivity index (χ0n) is 13.7. The lowest BCUT2D eigenvalue weighted by molar-refractivity contribution is -0.117. The van der Waals surface area contributed by atoms with Crippen molar-refractivity contribution in [1.29, 1.82) is 0 Å². The smallest absolute Gasteiger partial charge is 0.312 e. The van der Waals surface area contributed by atoms with Gasteiger partial charge in [0.2, 0.25) is 5.91 Å². The zero-order chi connectivity index (χ0) is 17.8. The number of urea groups is 1. The van der Waals surface area contributed by atoms with E-state index in [4.69, 9.17) is 5.73 Å². The second-order valence-corrected chi connectivity index (χ2v) is 6.89. The van der Waals surface area contributed by atoms with Gasteiger partial charge < -0.3 is 16.4 Å². The summed E-state index contributed by atoms with van der Waals surface area (Å²) in [5.41, 5.74) is 7.71. The Hall–Kier alpha value is -2.93. The fraction of sp³-hybridized carbons (Fsp3) is 0.167. The molecule has 0 aliphatic carbocycles. The summed E-state index contributed by atoms with van der Waals surface area (Å²) in [5.74, 6) is -0.316. The molecule has 1 heterocycles. The van der Waals surface area contributed by atoms with Crippen molar-refractivity contribution in [1.82, 2.24) is 10.3 Å². The van der Waals surface area contributed by atoms with E-state index in [0.29, 0.717) is 12.1 Å². The van der Waals surface area contributed by atoms with Crippen molar-refractivity contribution in [3.63, 3.8) is 0 Å². The fourth-order valence-corrected chi connectivity index (χ4v) is 3.44. The third kappa shape index (κ3) is 4.33. The number of carbonyl (C=O) groups is 2. The molecule has 25 heavy (non-hydrogen) atoms. The van der Waals surface area contributed by atoms with E-state index >= 15 is 0 Å². The van der Waals surface area contributed by atoms with E-state index in [2.05, 4.69) is 15.6 Å². The van der Waals surface area contributed by atoms with Crippen molar-refractivity contribution >= 4 is 39.2 Å². The normalized spacial score (nSPS) is 11.9. The highest BCUT2D eigenvalue weighted by molar-refractivity contribution is 7.18. The van der Waals surface area contributed by atoms with E-state index in [1.165, 1.54) is 0 Å². The topological polar surface area (TPSA) is 97.1 Å². The molecule has 0 aliphatic heterocycles. The number of rotatable bonds is 5. The Morgan fingerprint density at radius 1 is 1.20 bits per heavy atom. The number of nitrogens with one attached hydrogen (secondary N) is 2. The van der Waals surface area contributed by atoms with E-state index in [1.807, 2.05) is 49.4 Å². The van der Waals surface area contributed by atoms with Crippen LogP contribution in [0.25, 0.3) is 10.2 Å². The van der Waals surface area contributed by atoms with Crippen molar-refractivity contribution < 1.29 is 9.59 Å². The maximum Gasteiger partial charge on any atom is 0.312 e. The molecule has 4 N–H and O–H groups in total. The molecule has 0 saturated heterocycles. The molecule has 0 bridgehead atoms. The number of carbonyl (C=O) groups excluding carboxylic acids is 2. The summed E-state index contributed by atoms with van der Waals surface area (Å²) < 4.78 is 0.998. The maximum atomic E-state index is 12.6. The molecule has 3 aromatic rings. The van der Waals surface area contributed by atoms with Gasteiger partial charge in [0.1, 0.15) is 6.04 Å². The molecule has 0 saturated carbocycles. The predicted molar refractivity (Wildman–Crippen MR) is 99.6 cm³/mol. The number of hydrogen-bond donors (Lipinski definition) is 3. The lowest BCUT2D eigenvalue weighted by Gasteiger charge is -2.17. The van der Waals surface area contributed by atoms with E-state index in [-0.39, 0.29) is 5.91 Å². The van der Waals surface area contributed by atoms with E-state index in [1.54, 1.807) is 17.4 Å². The van der Waals surface area contributed by atoms with Crippen LogP contribution in [0, 0.1) is 6.92 Å². The Balaban J connectivity index is 1.77. The second kappa shape index (κ2) is 7.31. The number of anilines is 1. The van der Waals surface area contributed by atoms with Gasteiger partial charge in [-0.25, -0.2) is 9.78 Å². The predicted octanol–water partition coefficient (Wildman–Crippen LogP) is 2.82. The van der Waals surface area contributed by atoms with E-state index in [9.17, 15) is 9.59 Å². The third-order valence-corrected chi connectivity index (χ3v) is 4.61. The molecule has 3 rings (SSSR count). The first-order valence-electron chi connectivity index (χ1n) is 7.79. The van der Waals surface area contributed by atoms with E-state index < -0.39 is 12.1 Å². The van der Waals surface area contributed by atoms with Crippen molar-refractivity contribution in [2.75, 3.05) is 5.32 Å². The number of fused-ring (bicyclic) bond motifs is 1. The first-order chi connectivity index (χ1) is 12.0. The van der Waals surface area contributed by atoms with Crippen molar-refractivity contribution in [2.45, 2.75) is 19.4 Å². The first-order valence-corrected chi connectivity index (χ1v) is 8.61. The summed E-state index contributed by atoms with van der Waals surface area (Å²) in [6.07, 6.45) is 0.359. The van der Waals surface area contributed by atoms with Gasteiger partial charge >= 0.3 is 6.03 Å². The number of nitrogens with two attached hydrogens (primary N) is 1.